The van der Waals surface area contributed by atoms with Crippen LogP contribution in [-0.2, 0) is 0 Å². The van der Waals surface area contributed by atoms with E-state index in [-0.39, 0.29) is 17.1 Å². The van der Waals surface area contributed by atoms with Crippen LogP contribution in [0.4, 0.5) is 11.4 Å². The molecule has 0 fully saturated rings. The zero-order valence-electron chi connectivity index (χ0n) is 9.17. The molecule has 0 saturated heterocycles. The Bertz CT molecular complexity index is 602. The topological polar surface area (TPSA) is 78.4 Å². The molecule has 0 heterocycles. The molecule has 18 heavy (non-hydrogen) atoms. The number of nitrogens with two attached hydrogens (primary N) is 1. The Morgan fingerprint density at radius 1 is 1.11 bits per heavy atom. The van der Waals surface area contributed by atoms with Crippen LogP contribution in [0.3, 0.4) is 0 Å². The number of rotatable bonds is 3. The molecule has 5 nitrogen and oxygen atoms in total. The molecule has 0 aromatic heterocycles. The Morgan fingerprint density at radius 2 is 1.78 bits per heavy atom. The molecule has 2 aromatic carbocycles. The molecule has 2 N–H and O–H groups in total. The first kappa shape index (κ1) is 12.2. The summed E-state index contributed by atoms with van der Waals surface area (Å²) in [5, 5.41) is 11.3. The lowest BCUT2D eigenvalue weighted by molar-refractivity contribution is -0.384. The maximum atomic E-state index is 10.9. The van der Waals surface area contributed by atoms with Crippen LogP contribution in [-0.4, -0.2) is 4.92 Å². The van der Waals surface area contributed by atoms with Crippen molar-refractivity contribution in [2.24, 2.45) is 0 Å². The summed E-state index contributed by atoms with van der Waals surface area (Å²) in [5.41, 5.74) is 5.34. The average molecular weight is 265 g/mol. The zero-order valence-corrected chi connectivity index (χ0v) is 9.92. The van der Waals surface area contributed by atoms with Crippen molar-refractivity contribution >= 4 is 23.0 Å². The first-order valence-electron chi connectivity index (χ1n) is 5.05. The summed E-state index contributed by atoms with van der Waals surface area (Å²) in [6.07, 6.45) is 0. The van der Waals surface area contributed by atoms with Gasteiger partial charge in [0.25, 0.3) is 0 Å². The van der Waals surface area contributed by atoms with Crippen molar-refractivity contribution in [1.29, 1.82) is 0 Å². The fourth-order valence-electron chi connectivity index (χ4n) is 1.46. The molecule has 0 amide bonds. The van der Waals surface area contributed by atoms with Crippen molar-refractivity contribution in [2.45, 2.75) is 0 Å². The van der Waals surface area contributed by atoms with Gasteiger partial charge in [0, 0.05) is 0 Å². The van der Waals surface area contributed by atoms with Gasteiger partial charge in [0.15, 0.2) is 0 Å². The minimum atomic E-state index is -0.582. The molecule has 6 heteroatoms. The van der Waals surface area contributed by atoms with Crippen LogP contribution < -0.4 is 10.5 Å². The number of hydrogen-bond donors (Lipinski definition) is 1. The van der Waals surface area contributed by atoms with E-state index in [0.29, 0.717) is 10.8 Å². The maximum Gasteiger partial charge on any atom is 0.334 e. The number of hydrogen-bond acceptors (Lipinski definition) is 4. The van der Waals surface area contributed by atoms with Gasteiger partial charge in [0.2, 0.25) is 5.75 Å². The monoisotopic (exact) mass is 264 g/mol. The Balaban J connectivity index is 2.44. The van der Waals surface area contributed by atoms with Crippen molar-refractivity contribution in [3.05, 3.63) is 57.6 Å². The van der Waals surface area contributed by atoms with Crippen LogP contribution in [0.15, 0.2) is 42.5 Å². The number of nitro benzene ring substituents is 1. The van der Waals surface area contributed by atoms with Crippen molar-refractivity contribution in [1.82, 2.24) is 0 Å². The highest BCUT2D eigenvalue weighted by Crippen LogP contribution is 2.37. The van der Waals surface area contributed by atoms with E-state index in [0.717, 1.165) is 0 Å². The van der Waals surface area contributed by atoms with E-state index in [1.165, 1.54) is 12.1 Å². The molecule has 0 aliphatic rings. The standard InChI is InChI=1S/C12H9ClN2O3/c13-8-4-1-2-6-10(8)18-11-7-3-5-9(14)12(11)15(16)17/h1-7H,14H2. The van der Waals surface area contributed by atoms with E-state index >= 15 is 0 Å². The van der Waals surface area contributed by atoms with E-state index < -0.39 is 4.92 Å². The number of benzene rings is 2. The Hall–Kier alpha value is -2.27. The van der Waals surface area contributed by atoms with Gasteiger partial charge >= 0.3 is 5.69 Å². The average Bonchev–Trinajstić information content (AvgIpc) is 2.31. The normalized spacial score (nSPS) is 10.1. The number of nitrogens with zero attached hydrogens (tertiary/aromatic N) is 1. The molecule has 2 rings (SSSR count). The number of nitro groups is 1. The first-order chi connectivity index (χ1) is 8.59. The largest absolute Gasteiger partial charge is 0.448 e. The van der Waals surface area contributed by atoms with Crippen LogP contribution >= 0.6 is 11.6 Å². The molecule has 0 atom stereocenters. The summed E-state index contributed by atoms with van der Waals surface area (Å²) >= 11 is 5.92. The fourth-order valence-corrected chi connectivity index (χ4v) is 1.64. The van der Waals surface area contributed by atoms with Gasteiger partial charge in [0.05, 0.1) is 9.95 Å². The second-order valence-corrected chi connectivity index (χ2v) is 3.89. The van der Waals surface area contributed by atoms with Crippen LogP contribution in [0, 0.1) is 10.1 Å². The molecule has 0 aliphatic heterocycles. The SMILES string of the molecule is Nc1cccc(Oc2ccccc2Cl)c1[N+](=O)[O-]. The van der Waals surface area contributed by atoms with E-state index in [4.69, 9.17) is 22.1 Å². The van der Waals surface area contributed by atoms with E-state index in [9.17, 15) is 10.1 Å². The van der Waals surface area contributed by atoms with Crippen molar-refractivity contribution in [3.8, 4) is 11.5 Å². The second kappa shape index (κ2) is 4.93. The quantitative estimate of drug-likeness (QED) is 0.522. The minimum absolute atomic E-state index is 0.0459. The Morgan fingerprint density at radius 3 is 2.44 bits per heavy atom. The van der Waals surface area contributed by atoms with Gasteiger partial charge in [-0.3, -0.25) is 10.1 Å². The summed E-state index contributed by atoms with van der Waals surface area (Å²) < 4.78 is 5.43. The smallest absolute Gasteiger partial charge is 0.334 e. The third-order valence-electron chi connectivity index (χ3n) is 2.27. The van der Waals surface area contributed by atoms with Gasteiger partial charge in [-0.15, -0.1) is 0 Å². The molecule has 2 aromatic rings. The lowest BCUT2D eigenvalue weighted by Gasteiger charge is -2.08. The Kier molecular flexibility index (Phi) is 3.34. The highest BCUT2D eigenvalue weighted by molar-refractivity contribution is 6.32. The molecule has 0 aliphatic carbocycles. The number of ether oxygens (including phenoxy) is 1. The second-order valence-electron chi connectivity index (χ2n) is 3.48. The van der Waals surface area contributed by atoms with E-state index in [1.54, 1.807) is 30.3 Å². The summed E-state index contributed by atoms with van der Waals surface area (Å²) in [4.78, 5) is 10.3. The highest BCUT2D eigenvalue weighted by Gasteiger charge is 2.20. The predicted octanol–water partition coefficient (Wildman–Crippen LogP) is 3.62. The molecule has 0 saturated carbocycles. The number of halogens is 1. The van der Waals surface area contributed by atoms with Crippen molar-refractivity contribution < 1.29 is 9.66 Å². The van der Waals surface area contributed by atoms with Gasteiger partial charge < -0.3 is 10.5 Å². The molecular weight excluding hydrogens is 256 g/mol. The van der Waals surface area contributed by atoms with Crippen LogP contribution in [0.25, 0.3) is 0 Å². The van der Waals surface area contributed by atoms with Crippen LogP contribution in [0.5, 0.6) is 11.5 Å². The van der Waals surface area contributed by atoms with E-state index in [2.05, 4.69) is 0 Å². The predicted molar refractivity (Wildman–Crippen MR) is 69.0 cm³/mol. The lowest BCUT2D eigenvalue weighted by Crippen LogP contribution is -1.98. The summed E-state index contributed by atoms with van der Waals surface area (Å²) in [6, 6.07) is 11.2. The molecule has 0 bridgehead atoms. The van der Waals surface area contributed by atoms with Crippen LogP contribution in [0.2, 0.25) is 5.02 Å². The van der Waals surface area contributed by atoms with E-state index in [1.807, 2.05) is 0 Å². The fraction of sp³-hybridized carbons (Fsp3) is 0. The van der Waals surface area contributed by atoms with Crippen molar-refractivity contribution in [3.63, 3.8) is 0 Å². The first-order valence-corrected chi connectivity index (χ1v) is 5.42. The van der Waals surface area contributed by atoms with Crippen LogP contribution in [0.1, 0.15) is 0 Å². The summed E-state index contributed by atoms with van der Waals surface area (Å²) in [5.74, 6) is 0.404. The number of para-hydroxylation sites is 2. The van der Waals surface area contributed by atoms with Gasteiger partial charge in [-0.2, -0.15) is 0 Å². The maximum absolute atomic E-state index is 10.9. The molecular formula is C12H9ClN2O3. The van der Waals surface area contributed by atoms with Gasteiger partial charge in [-0.05, 0) is 24.3 Å². The van der Waals surface area contributed by atoms with Gasteiger partial charge in [0.1, 0.15) is 11.4 Å². The summed E-state index contributed by atoms with van der Waals surface area (Å²) in [7, 11) is 0. The molecule has 92 valence electrons. The number of nitrogen functional groups attached to an aromatic ring is 1. The minimum Gasteiger partial charge on any atom is -0.448 e. The lowest BCUT2D eigenvalue weighted by atomic mass is 10.2. The highest BCUT2D eigenvalue weighted by atomic mass is 35.5. The third-order valence-corrected chi connectivity index (χ3v) is 2.58. The van der Waals surface area contributed by atoms with Crippen molar-refractivity contribution in [2.75, 3.05) is 5.73 Å². The van der Waals surface area contributed by atoms with Gasteiger partial charge in [-0.1, -0.05) is 29.8 Å². The molecule has 0 radical (unpaired) electrons. The summed E-state index contributed by atoms with van der Waals surface area (Å²) in [6.45, 7) is 0. The zero-order chi connectivity index (χ0) is 13.1. The molecule has 0 unspecified atom stereocenters. The Labute approximate surface area is 108 Å². The third kappa shape index (κ3) is 2.36. The number of anilines is 1. The van der Waals surface area contributed by atoms with Gasteiger partial charge in [-0.25, -0.2) is 0 Å². The molecule has 0 spiro atoms.